The Kier molecular flexibility index (Phi) is 6.39. The van der Waals surface area contributed by atoms with Crippen molar-refractivity contribution < 1.29 is 19.1 Å². The van der Waals surface area contributed by atoms with Gasteiger partial charge in [-0.3, -0.25) is 19.7 Å². The fourth-order valence-electron chi connectivity index (χ4n) is 2.11. The number of nitrogens with zero attached hydrogens (tertiary/aromatic N) is 1. The summed E-state index contributed by atoms with van der Waals surface area (Å²) < 4.78 is 4.96. The number of hydrogen-bond acceptors (Lipinski definition) is 5. The van der Waals surface area contributed by atoms with E-state index in [1.165, 1.54) is 0 Å². The summed E-state index contributed by atoms with van der Waals surface area (Å²) >= 11 is 0. The molecule has 6 heteroatoms. The second-order valence-corrected chi connectivity index (χ2v) is 4.52. The van der Waals surface area contributed by atoms with Crippen LogP contribution < -0.4 is 5.32 Å². The maximum Gasteiger partial charge on any atom is 0.298 e. The second kappa shape index (κ2) is 8.04. The minimum absolute atomic E-state index is 0.265. The van der Waals surface area contributed by atoms with Crippen molar-refractivity contribution in [2.24, 2.45) is 0 Å². The molecule has 1 aliphatic rings. The van der Waals surface area contributed by atoms with Crippen molar-refractivity contribution in [1.29, 1.82) is 0 Å². The molecule has 6 nitrogen and oxygen atoms in total. The van der Waals surface area contributed by atoms with Crippen LogP contribution >= 0.6 is 0 Å². The summed E-state index contributed by atoms with van der Waals surface area (Å²) in [6, 6.07) is -0.482. The van der Waals surface area contributed by atoms with E-state index in [2.05, 4.69) is 5.32 Å². The highest BCUT2D eigenvalue weighted by Crippen LogP contribution is 2.21. The van der Waals surface area contributed by atoms with Crippen LogP contribution in [0.5, 0.6) is 0 Å². The molecule has 0 aromatic carbocycles. The van der Waals surface area contributed by atoms with Crippen LogP contribution in [0.2, 0.25) is 0 Å². The average Bonchev–Trinajstić information content (AvgIpc) is 2.46. The molecule has 1 unspecified atom stereocenters. The van der Waals surface area contributed by atoms with Crippen LogP contribution in [0.25, 0.3) is 0 Å². The minimum atomic E-state index is -0.482. The topological polar surface area (TPSA) is 75.7 Å². The molecule has 1 aliphatic heterocycles. The lowest BCUT2D eigenvalue weighted by Crippen LogP contribution is -2.51. The normalized spacial score (nSPS) is 20.4. The first-order valence-corrected chi connectivity index (χ1v) is 6.71. The van der Waals surface area contributed by atoms with E-state index in [1.807, 2.05) is 13.0 Å². The number of allylic oxidation sites excluding steroid dienone is 4. The number of rotatable bonds is 6. The standard InChI is InChI=1S/C15H20N2O4/c1-4-6-7-11(13(5-2)21-10-18)17(3)12-8-9-14(19)16-15(12)20/h4-7,10,12H,8-9H2,1-3H3,(H,16,19,20)/b6-4-,11-7+,13-5+. The van der Waals surface area contributed by atoms with E-state index in [4.69, 9.17) is 4.74 Å². The Hall–Kier alpha value is -2.37. The molecule has 21 heavy (non-hydrogen) atoms. The number of carbonyl (C=O) groups is 3. The van der Waals surface area contributed by atoms with Crippen molar-refractivity contribution in [2.45, 2.75) is 32.7 Å². The summed E-state index contributed by atoms with van der Waals surface area (Å²) in [5.74, 6) is -0.254. The van der Waals surface area contributed by atoms with Crippen LogP contribution in [0.1, 0.15) is 26.7 Å². The first kappa shape index (κ1) is 16.7. The zero-order chi connectivity index (χ0) is 15.8. The van der Waals surface area contributed by atoms with Gasteiger partial charge >= 0.3 is 0 Å². The molecule has 1 atom stereocenters. The van der Waals surface area contributed by atoms with Crippen LogP contribution in [0.15, 0.2) is 35.8 Å². The Balaban J connectivity index is 3.05. The molecule has 1 saturated heterocycles. The van der Waals surface area contributed by atoms with Gasteiger partial charge in [0.25, 0.3) is 6.47 Å². The highest BCUT2D eigenvalue weighted by molar-refractivity contribution is 6.00. The van der Waals surface area contributed by atoms with Crippen LogP contribution in [0.3, 0.4) is 0 Å². The summed E-state index contributed by atoms with van der Waals surface area (Å²) in [5.41, 5.74) is 0.595. The SMILES string of the molecule is C\C=C/C=C(\C(=C/C)OC=O)N(C)C1CCC(=O)NC1=O. The van der Waals surface area contributed by atoms with Gasteiger partial charge in [-0.2, -0.15) is 0 Å². The van der Waals surface area contributed by atoms with Gasteiger partial charge in [0, 0.05) is 13.5 Å². The molecule has 0 saturated carbocycles. The Morgan fingerprint density at radius 2 is 2.10 bits per heavy atom. The van der Waals surface area contributed by atoms with Gasteiger partial charge in [-0.25, -0.2) is 0 Å². The van der Waals surface area contributed by atoms with E-state index in [-0.39, 0.29) is 18.2 Å². The second-order valence-electron chi connectivity index (χ2n) is 4.52. The lowest BCUT2D eigenvalue weighted by Gasteiger charge is -2.33. The molecular weight excluding hydrogens is 272 g/mol. The van der Waals surface area contributed by atoms with Gasteiger partial charge in [0.05, 0.1) is 5.70 Å². The number of carbonyl (C=O) groups excluding carboxylic acids is 3. The number of hydrogen-bond donors (Lipinski definition) is 1. The van der Waals surface area contributed by atoms with Crippen molar-refractivity contribution in [3.8, 4) is 0 Å². The maximum absolute atomic E-state index is 11.9. The third-order valence-corrected chi connectivity index (χ3v) is 3.19. The predicted octanol–water partition coefficient (Wildman–Crippen LogP) is 1.26. The van der Waals surface area contributed by atoms with Gasteiger partial charge in [-0.05, 0) is 32.4 Å². The number of imide groups is 1. The summed E-state index contributed by atoms with van der Waals surface area (Å²) in [5, 5.41) is 2.32. The monoisotopic (exact) mass is 292 g/mol. The van der Waals surface area contributed by atoms with E-state index in [0.717, 1.165) is 0 Å². The Labute approximate surface area is 124 Å². The van der Waals surface area contributed by atoms with Crippen molar-refractivity contribution in [2.75, 3.05) is 7.05 Å². The van der Waals surface area contributed by atoms with E-state index in [9.17, 15) is 14.4 Å². The lowest BCUT2D eigenvalue weighted by atomic mass is 10.0. The van der Waals surface area contributed by atoms with E-state index in [1.54, 1.807) is 37.1 Å². The molecule has 1 fully saturated rings. The molecule has 2 amide bonds. The number of ether oxygens (including phenoxy) is 1. The largest absolute Gasteiger partial charge is 0.427 e. The Morgan fingerprint density at radius 3 is 2.62 bits per heavy atom. The van der Waals surface area contributed by atoms with Gasteiger partial charge in [0.15, 0.2) is 0 Å². The average molecular weight is 292 g/mol. The summed E-state index contributed by atoms with van der Waals surface area (Å²) in [6.45, 7) is 3.94. The van der Waals surface area contributed by atoms with Gasteiger partial charge in [-0.15, -0.1) is 0 Å². The smallest absolute Gasteiger partial charge is 0.298 e. The predicted molar refractivity (Wildman–Crippen MR) is 77.7 cm³/mol. The number of piperidine rings is 1. The van der Waals surface area contributed by atoms with Crippen LogP contribution in [0, 0.1) is 0 Å². The van der Waals surface area contributed by atoms with E-state index >= 15 is 0 Å². The number of likely N-dealkylation sites (N-methyl/N-ethyl adjacent to an activating group) is 1. The third kappa shape index (κ3) is 4.30. The van der Waals surface area contributed by atoms with Gasteiger partial charge in [0.2, 0.25) is 11.8 Å². The maximum atomic E-state index is 11.9. The summed E-state index contributed by atoms with van der Waals surface area (Å²) in [4.78, 5) is 35.5. The molecule has 0 radical (unpaired) electrons. The van der Waals surface area contributed by atoms with Gasteiger partial charge in [0.1, 0.15) is 11.8 Å². The molecule has 1 N–H and O–H groups in total. The molecule has 1 rings (SSSR count). The zero-order valence-corrected chi connectivity index (χ0v) is 12.5. The van der Waals surface area contributed by atoms with Gasteiger partial charge < -0.3 is 9.64 Å². The fourth-order valence-corrected chi connectivity index (χ4v) is 2.11. The summed E-state index contributed by atoms with van der Waals surface area (Å²) in [7, 11) is 1.73. The first-order valence-electron chi connectivity index (χ1n) is 6.71. The molecule has 0 aliphatic carbocycles. The Bertz CT molecular complexity index is 506. The van der Waals surface area contributed by atoms with Crippen molar-refractivity contribution in [3.63, 3.8) is 0 Å². The van der Waals surface area contributed by atoms with Crippen molar-refractivity contribution >= 4 is 18.3 Å². The number of amides is 2. The number of nitrogens with one attached hydrogen (secondary N) is 1. The summed E-state index contributed by atoms with van der Waals surface area (Å²) in [6.07, 6.45) is 7.72. The van der Waals surface area contributed by atoms with Crippen LogP contribution in [-0.4, -0.2) is 36.3 Å². The molecule has 0 bridgehead atoms. The zero-order valence-electron chi connectivity index (χ0n) is 12.5. The van der Waals surface area contributed by atoms with E-state index < -0.39 is 6.04 Å². The molecule has 114 valence electrons. The minimum Gasteiger partial charge on any atom is -0.427 e. The lowest BCUT2D eigenvalue weighted by molar-refractivity contribution is -0.136. The highest BCUT2D eigenvalue weighted by Gasteiger charge is 2.31. The van der Waals surface area contributed by atoms with Crippen LogP contribution in [-0.2, 0) is 19.1 Å². The van der Waals surface area contributed by atoms with E-state index in [0.29, 0.717) is 24.3 Å². The third-order valence-electron chi connectivity index (χ3n) is 3.19. The molecule has 0 aromatic rings. The van der Waals surface area contributed by atoms with Crippen molar-refractivity contribution in [3.05, 3.63) is 35.8 Å². The molecule has 0 aromatic heterocycles. The fraction of sp³-hybridized carbons (Fsp3) is 0.400. The van der Waals surface area contributed by atoms with Crippen LogP contribution in [0.4, 0.5) is 0 Å². The van der Waals surface area contributed by atoms with Crippen molar-refractivity contribution in [1.82, 2.24) is 10.2 Å². The quantitative estimate of drug-likeness (QED) is 0.345. The Morgan fingerprint density at radius 1 is 1.38 bits per heavy atom. The first-order chi connectivity index (χ1) is 10.0. The molecule has 0 spiro atoms. The molecule has 1 heterocycles. The highest BCUT2D eigenvalue weighted by atomic mass is 16.5. The molecular formula is C15H20N2O4. The van der Waals surface area contributed by atoms with Gasteiger partial charge in [-0.1, -0.05) is 12.2 Å².